The highest BCUT2D eigenvalue weighted by molar-refractivity contribution is 5.94. The highest BCUT2D eigenvalue weighted by Crippen LogP contribution is 2.24. The van der Waals surface area contributed by atoms with Crippen LogP contribution in [0.25, 0.3) is 21.8 Å². The van der Waals surface area contributed by atoms with Gasteiger partial charge in [-0.05, 0) is 59.5 Å². The lowest BCUT2D eigenvalue weighted by molar-refractivity contribution is 0.0952. The highest BCUT2D eigenvalue weighted by Gasteiger charge is 2.12. The molecule has 182 valence electrons. The normalized spacial score (nSPS) is 11.1. The van der Waals surface area contributed by atoms with Crippen LogP contribution in [0, 0.1) is 0 Å². The van der Waals surface area contributed by atoms with Crippen LogP contribution in [0.5, 0.6) is 5.75 Å². The maximum atomic E-state index is 12.4. The minimum Gasteiger partial charge on any atom is -0.497 e. The Morgan fingerprint density at radius 1 is 0.889 bits per heavy atom. The molecule has 0 saturated heterocycles. The van der Waals surface area contributed by atoms with Gasteiger partial charge in [-0.2, -0.15) is 0 Å². The molecule has 0 atom stereocenters. The van der Waals surface area contributed by atoms with E-state index in [1.165, 1.54) is 21.9 Å². The molecule has 1 aromatic heterocycles. The predicted molar refractivity (Wildman–Crippen MR) is 146 cm³/mol. The lowest BCUT2D eigenvalue weighted by Crippen LogP contribution is -2.24. The molecule has 0 fully saturated rings. The van der Waals surface area contributed by atoms with E-state index in [-0.39, 0.29) is 5.91 Å². The number of amides is 1. The minimum atomic E-state index is -0.0641. The van der Waals surface area contributed by atoms with Crippen LogP contribution >= 0.6 is 0 Å². The average molecular weight is 478 g/mol. The molecule has 1 heterocycles. The zero-order valence-electron chi connectivity index (χ0n) is 20.6. The molecule has 1 N–H and O–H groups in total. The number of carbonyl (C=O) groups excluding carboxylic acids is 1. The van der Waals surface area contributed by atoms with Crippen LogP contribution < -0.4 is 10.1 Å². The standard InChI is InChI=1S/C31H31N3O2/c1-36-26-15-10-13-24(21-26)31(35)32-20-8-2-3-19-30-33-28-17-6-7-18-29(28)34(30)22-25-14-9-12-23-11-4-5-16-27(23)25/h4-7,9-18,21H,2-3,8,19-20,22H2,1H3,(H,32,35). The number of ether oxygens (including phenoxy) is 1. The summed E-state index contributed by atoms with van der Waals surface area (Å²) >= 11 is 0. The maximum Gasteiger partial charge on any atom is 0.251 e. The number of aromatic nitrogens is 2. The van der Waals surface area contributed by atoms with Crippen molar-refractivity contribution in [2.24, 2.45) is 0 Å². The lowest BCUT2D eigenvalue weighted by atomic mass is 10.0. The van der Waals surface area contributed by atoms with Gasteiger partial charge in [-0.3, -0.25) is 4.79 Å². The van der Waals surface area contributed by atoms with E-state index in [1.54, 1.807) is 19.2 Å². The molecule has 0 spiro atoms. The van der Waals surface area contributed by atoms with Crippen molar-refractivity contribution in [2.45, 2.75) is 32.2 Å². The van der Waals surface area contributed by atoms with Crippen LogP contribution in [0.2, 0.25) is 0 Å². The van der Waals surface area contributed by atoms with E-state index < -0.39 is 0 Å². The summed E-state index contributed by atoms with van der Waals surface area (Å²) in [4.78, 5) is 17.4. The number of methoxy groups -OCH3 is 1. The van der Waals surface area contributed by atoms with E-state index in [9.17, 15) is 4.79 Å². The summed E-state index contributed by atoms with van der Waals surface area (Å²) in [5.41, 5.74) is 4.14. The molecule has 0 aliphatic heterocycles. The fraction of sp³-hybridized carbons (Fsp3) is 0.226. The smallest absolute Gasteiger partial charge is 0.251 e. The van der Waals surface area contributed by atoms with Gasteiger partial charge in [0.15, 0.2) is 0 Å². The third-order valence-corrected chi connectivity index (χ3v) is 6.64. The van der Waals surface area contributed by atoms with E-state index in [4.69, 9.17) is 9.72 Å². The predicted octanol–water partition coefficient (Wildman–Crippen LogP) is 6.39. The number of para-hydroxylation sites is 2. The van der Waals surface area contributed by atoms with Gasteiger partial charge in [0.1, 0.15) is 11.6 Å². The molecule has 1 amide bonds. The third-order valence-electron chi connectivity index (χ3n) is 6.64. The summed E-state index contributed by atoms with van der Waals surface area (Å²) in [6.45, 7) is 1.45. The molecule has 4 aromatic carbocycles. The van der Waals surface area contributed by atoms with Gasteiger partial charge in [0.25, 0.3) is 5.91 Å². The van der Waals surface area contributed by atoms with Gasteiger partial charge < -0.3 is 14.6 Å². The van der Waals surface area contributed by atoms with Crippen molar-refractivity contribution in [1.29, 1.82) is 0 Å². The summed E-state index contributed by atoms with van der Waals surface area (Å²) in [6, 6.07) is 30.7. The summed E-state index contributed by atoms with van der Waals surface area (Å²) in [7, 11) is 1.60. The number of nitrogens with one attached hydrogen (secondary N) is 1. The molecule has 5 rings (SSSR count). The number of carbonyl (C=O) groups is 1. The zero-order valence-corrected chi connectivity index (χ0v) is 20.6. The van der Waals surface area contributed by atoms with Gasteiger partial charge in [-0.15, -0.1) is 0 Å². The highest BCUT2D eigenvalue weighted by atomic mass is 16.5. The second kappa shape index (κ2) is 11.1. The fourth-order valence-corrected chi connectivity index (χ4v) is 4.75. The van der Waals surface area contributed by atoms with Crippen molar-refractivity contribution in [1.82, 2.24) is 14.9 Å². The van der Waals surface area contributed by atoms with E-state index in [0.29, 0.717) is 17.9 Å². The number of unbranched alkanes of at least 4 members (excludes halogenated alkanes) is 2. The zero-order chi connectivity index (χ0) is 24.7. The van der Waals surface area contributed by atoms with E-state index >= 15 is 0 Å². The SMILES string of the molecule is COc1cccc(C(=O)NCCCCCc2nc3ccccc3n2Cc2cccc3ccccc23)c1. The number of aryl methyl sites for hydroxylation is 1. The fourth-order valence-electron chi connectivity index (χ4n) is 4.75. The quantitative estimate of drug-likeness (QED) is 0.237. The van der Waals surface area contributed by atoms with Gasteiger partial charge in [0.05, 0.1) is 18.1 Å². The molecular weight excluding hydrogens is 446 g/mol. The molecule has 0 radical (unpaired) electrons. The number of benzene rings is 4. The Morgan fingerprint density at radius 2 is 1.69 bits per heavy atom. The number of fused-ring (bicyclic) bond motifs is 2. The summed E-state index contributed by atoms with van der Waals surface area (Å²) < 4.78 is 7.57. The third kappa shape index (κ3) is 5.25. The molecule has 0 aliphatic rings. The number of hydrogen-bond donors (Lipinski definition) is 1. The second-order valence-corrected chi connectivity index (χ2v) is 9.04. The maximum absolute atomic E-state index is 12.4. The molecule has 5 nitrogen and oxygen atoms in total. The van der Waals surface area contributed by atoms with Gasteiger partial charge in [0, 0.05) is 25.1 Å². The van der Waals surface area contributed by atoms with Gasteiger partial charge >= 0.3 is 0 Å². The number of hydrogen-bond acceptors (Lipinski definition) is 3. The van der Waals surface area contributed by atoms with E-state index in [0.717, 1.165) is 43.6 Å². The molecule has 5 heteroatoms. The van der Waals surface area contributed by atoms with Crippen LogP contribution in [0.3, 0.4) is 0 Å². The van der Waals surface area contributed by atoms with E-state index in [1.807, 2.05) is 18.2 Å². The average Bonchev–Trinajstić information content (AvgIpc) is 3.27. The molecule has 0 bridgehead atoms. The number of imidazole rings is 1. The summed E-state index contributed by atoms with van der Waals surface area (Å²) in [6.07, 6.45) is 3.88. The van der Waals surface area contributed by atoms with Crippen molar-refractivity contribution in [2.75, 3.05) is 13.7 Å². The first-order valence-corrected chi connectivity index (χ1v) is 12.6. The molecular formula is C31H31N3O2. The Labute approximate surface area is 211 Å². The molecule has 0 aliphatic carbocycles. The monoisotopic (exact) mass is 477 g/mol. The van der Waals surface area contributed by atoms with Gasteiger partial charge in [0.2, 0.25) is 0 Å². The van der Waals surface area contributed by atoms with Crippen molar-refractivity contribution < 1.29 is 9.53 Å². The van der Waals surface area contributed by atoms with Crippen LogP contribution in [-0.2, 0) is 13.0 Å². The Morgan fingerprint density at radius 3 is 2.61 bits per heavy atom. The molecule has 0 unspecified atom stereocenters. The largest absolute Gasteiger partial charge is 0.497 e. The van der Waals surface area contributed by atoms with Crippen LogP contribution in [0.4, 0.5) is 0 Å². The van der Waals surface area contributed by atoms with Crippen LogP contribution in [0.15, 0.2) is 91.0 Å². The first-order valence-electron chi connectivity index (χ1n) is 12.6. The van der Waals surface area contributed by atoms with Gasteiger partial charge in [-0.25, -0.2) is 4.98 Å². The second-order valence-electron chi connectivity index (χ2n) is 9.04. The van der Waals surface area contributed by atoms with Gasteiger partial charge in [-0.1, -0.05) is 67.1 Å². The Balaban J connectivity index is 1.21. The molecule has 5 aromatic rings. The van der Waals surface area contributed by atoms with Crippen LogP contribution in [-0.4, -0.2) is 29.1 Å². The van der Waals surface area contributed by atoms with Crippen molar-refractivity contribution in [3.8, 4) is 5.75 Å². The summed E-state index contributed by atoms with van der Waals surface area (Å²) in [5, 5.41) is 5.56. The van der Waals surface area contributed by atoms with Crippen LogP contribution in [0.1, 0.15) is 41.0 Å². The lowest BCUT2D eigenvalue weighted by Gasteiger charge is -2.12. The van der Waals surface area contributed by atoms with E-state index in [2.05, 4.69) is 70.5 Å². The van der Waals surface area contributed by atoms with Crippen molar-refractivity contribution in [3.63, 3.8) is 0 Å². The first kappa shape index (κ1) is 23.6. The van der Waals surface area contributed by atoms with Crippen molar-refractivity contribution in [3.05, 3.63) is 108 Å². The molecule has 36 heavy (non-hydrogen) atoms. The van der Waals surface area contributed by atoms with Crippen molar-refractivity contribution >= 4 is 27.7 Å². The molecule has 0 saturated carbocycles. The minimum absolute atomic E-state index is 0.0641. The first-order chi connectivity index (χ1) is 17.7. The Kier molecular flexibility index (Phi) is 7.27. The summed E-state index contributed by atoms with van der Waals surface area (Å²) in [5.74, 6) is 1.74. The number of nitrogens with zero attached hydrogens (tertiary/aromatic N) is 2. The Hall–Kier alpha value is -4.12. The topological polar surface area (TPSA) is 56.1 Å². The Bertz CT molecular complexity index is 1480. The number of rotatable bonds is 10.